The second kappa shape index (κ2) is 4.99. The van der Waals surface area contributed by atoms with Crippen molar-refractivity contribution in [2.45, 2.75) is 18.9 Å². The lowest BCUT2D eigenvalue weighted by Crippen LogP contribution is -2.51. The molecule has 0 bridgehead atoms. The molecule has 1 amide bonds. The number of halogens is 1. The summed E-state index contributed by atoms with van der Waals surface area (Å²) in [6, 6.07) is 0.468. The average Bonchev–Trinajstić information content (AvgIpc) is 2.61. The smallest absolute Gasteiger partial charge is 0.222 e. The molecule has 2 aliphatic rings. The molecule has 1 atom stereocenters. The van der Waals surface area contributed by atoms with E-state index in [4.69, 9.17) is 11.6 Å². The third kappa shape index (κ3) is 2.52. The van der Waals surface area contributed by atoms with Crippen molar-refractivity contribution in [3.63, 3.8) is 0 Å². The predicted octanol–water partition coefficient (Wildman–Crippen LogP) is 1.09. The SMILES string of the molecule is O=C1CCC2CN(C/C=C/CCl)CCN12. The Morgan fingerprint density at radius 1 is 1.40 bits per heavy atom. The molecule has 0 aliphatic carbocycles. The number of fused-ring (bicyclic) bond motifs is 1. The van der Waals surface area contributed by atoms with Gasteiger partial charge in [-0.05, 0) is 6.42 Å². The third-order valence-electron chi connectivity index (χ3n) is 3.20. The van der Waals surface area contributed by atoms with Crippen molar-refractivity contribution in [2.24, 2.45) is 0 Å². The minimum absolute atomic E-state index is 0.343. The van der Waals surface area contributed by atoms with Crippen molar-refractivity contribution in [3.05, 3.63) is 12.2 Å². The lowest BCUT2D eigenvalue weighted by Gasteiger charge is -2.37. The molecule has 4 heteroatoms. The molecule has 2 aliphatic heterocycles. The Morgan fingerprint density at radius 3 is 3.07 bits per heavy atom. The van der Waals surface area contributed by atoms with Crippen LogP contribution in [0.5, 0.6) is 0 Å². The Bertz CT molecular complexity index is 267. The van der Waals surface area contributed by atoms with Gasteiger partial charge in [0.15, 0.2) is 0 Å². The van der Waals surface area contributed by atoms with E-state index in [0.717, 1.165) is 39.0 Å². The summed E-state index contributed by atoms with van der Waals surface area (Å²) in [4.78, 5) is 15.9. The van der Waals surface area contributed by atoms with Gasteiger partial charge < -0.3 is 4.90 Å². The van der Waals surface area contributed by atoms with Crippen LogP contribution in [0.1, 0.15) is 12.8 Å². The van der Waals surface area contributed by atoms with Crippen molar-refractivity contribution in [1.29, 1.82) is 0 Å². The van der Waals surface area contributed by atoms with Gasteiger partial charge in [0, 0.05) is 44.5 Å². The Kier molecular flexibility index (Phi) is 3.65. The maximum atomic E-state index is 11.5. The highest BCUT2D eigenvalue weighted by Gasteiger charge is 2.34. The van der Waals surface area contributed by atoms with Crippen LogP contribution in [-0.4, -0.2) is 53.8 Å². The first kappa shape index (κ1) is 11.0. The molecule has 0 aromatic rings. The van der Waals surface area contributed by atoms with Crippen molar-refractivity contribution in [3.8, 4) is 0 Å². The summed E-state index contributed by atoms with van der Waals surface area (Å²) in [5.41, 5.74) is 0. The average molecular weight is 229 g/mol. The standard InChI is InChI=1S/C11H17ClN2O/c12-5-1-2-6-13-7-8-14-10(9-13)3-4-11(14)15/h1-2,10H,3-9H2/b2-1+. The van der Waals surface area contributed by atoms with Crippen LogP contribution in [0.2, 0.25) is 0 Å². The summed E-state index contributed by atoms with van der Waals surface area (Å²) in [7, 11) is 0. The number of rotatable bonds is 3. The summed E-state index contributed by atoms with van der Waals surface area (Å²) >= 11 is 5.57. The number of hydrogen-bond donors (Lipinski definition) is 0. The number of carbonyl (C=O) groups excluding carboxylic acids is 1. The van der Waals surface area contributed by atoms with Crippen molar-refractivity contribution in [1.82, 2.24) is 9.80 Å². The fourth-order valence-corrected chi connectivity index (χ4v) is 2.51. The van der Waals surface area contributed by atoms with Gasteiger partial charge in [-0.1, -0.05) is 12.2 Å². The summed E-state index contributed by atoms with van der Waals surface area (Å²) < 4.78 is 0. The van der Waals surface area contributed by atoms with Gasteiger partial charge in [0.1, 0.15) is 0 Å². The van der Waals surface area contributed by atoms with E-state index < -0.39 is 0 Å². The number of alkyl halides is 1. The van der Waals surface area contributed by atoms with Crippen LogP contribution in [0.3, 0.4) is 0 Å². The molecule has 1 unspecified atom stereocenters. The first-order valence-corrected chi connectivity index (χ1v) is 6.07. The lowest BCUT2D eigenvalue weighted by atomic mass is 10.1. The largest absolute Gasteiger partial charge is 0.337 e. The molecule has 2 rings (SSSR count). The normalized spacial score (nSPS) is 27.7. The van der Waals surface area contributed by atoms with Gasteiger partial charge in [-0.25, -0.2) is 0 Å². The van der Waals surface area contributed by atoms with E-state index in [9.17, 15) is 4.79 Å². The molecule has 15 heavy (non-hydrogen) atoms. The molecular weight excluding hydrogens is 212 g/mol. The number of hydrogen-bond acceptors (Lipinski definition) is 2. The highest BCUT2D eigenvalue weighted by Crippen LogP contribution is 2.22. The van der Waals surface area contributed by atoms with Gasteiger partial charge in [-0.2, -0.15) is 0 Å². The molecule has 0 spiro atoms. The van der Waals surface area contributed by atoms with Gasteiger partial charge in [-0.15, -0.1) is 11.6 Å². The number of nitrogens with zero attached hydrogens (tertiary/aromatic N) is 2. The van der Waals surface area contributed by atoms with Crippen LogP contribution in [-0.2, 0) is 4.79 Å². The molecule has 0 aromatic carbocycles. The zero-order valence-electron chi connectivity index (χ0n) is 8.86. The number of piperazine rings is 1. The van der Waals surface area contributed by atoms with Crippen LogP contribution in [0.25, 0.3) is 0 Å². The van der Waals surface area contributed by atoms with Crippen molar-refractivity contribution in [2.75, 3.05) is 32.1 Å². The molecule has 2 heterocycles. The van der Waals surface area contributed by atoms with Crippen LogP contribution in [0.4, 0.5) is 0 Å². The quantitative estimate of drug-likeness (QED) is 0.533. The second-order valence-corrected chi connectivity index (χ2v) is 4.47. The number of allylic oxidation sites excluding steroid dienone is 1. The fraction of sp³-hybridized carbons (Fsp3) is 0.727. The predicted molar refractivity (Wildman–Crippen MR) is 61.0 cm³/mol. The maximum absolute atomic E-state index is 11.5. The summed E-state index contributed by atoms with van der Waals surface area (Å²) in [6.45, 7) is 3.89. The Hall–Kier alpha value is -0.540. The topological polar surface area (TPSA) is 23.6 Å². The van der Waals surface area contributed by atoms with Crippen LogP contribution in [0.15, 0.2) is 12.2 Å². The molecule has 2 fully saturated rings. The van der Waals surface area contributed by atoms with E-state index in [1.807, 2.05) is 11.0 Å². The van der Waals surface area contributed by atoms with Crippen molar-refractivity contribution < 1.29 is 4.79 Å². The Morgan fingerprint density at radius 2 is 2.27 bits per heavy atom. The molecule has 0 aromatic heterocycles. The summed E-state index contributed by atoms with van der Waals surface area (Å²) in [6.07, 6.45) is 5.87. The molecule has 84 valence electrons. The highest BCUT2D eigenvalue weighted by molar-refractivity contribution is 6.18. The molecular formula is C11H17ClN2O. The minimum atomic E-state index is 0.343. The first-order chi connectivity index (χ1) is 7.31. The van der Waals surface area contributed by atoms with E-state index in [1.54, 1.807) is 0 Å². The molecule has 0 N–H and O–H groups in total. The van der Waals surface area contributed by atoms with E-state index in [0.29, 0.717) is 17.8 Å². The van der Waals surface area contributed by atoms with Crippen molar-refractivity contribution >= 4 is 17.5 Å². The molecule has 0 radical (unpaired) electrons. The Balaban J connectivity index is 1.83. The third-order valence-corrected chi connectivity index (χ3v) is 3.38. The second-order valence-electron chi connectivity index (χ2n) is 4.16. The zero-order chi connectivity index (χ0) is 10.7. The first-order valence-electron chi connectivity index (χ1n) is 5.54. The zero-order valence-corrected chi connectivity index (χ0v) is 9.62. The van der Waals surface area contributed by atoms with Gasteiger partial charge in [0.05, 0.1) is 0 Å². The minimum Gasteiger partial charge on any atom is -0.337 e. The summed E-state index contributed by atoms with van der Waals surface area (Å²) in [5, 5.41) is 0. The van der Waals surface area contributed by atoms with E-state index in [1.165, 1.54) is 0 Å². The van der Waals surface area contributed by atoms with Crippen LogP contribution >= 0.6 is 11.6 Å². The number of amides is 1. The maximum Gasteiger partial charge on any atom is 0.222 e. The van der Waals surface area contributed by atoms with Gasteiger partial charge in [0.2, 0.25) is 5.91 Å². The molecule has 3 nitrogen and oxygen atoms in total. The summed E-state index contributed by atoms with van der Waals surface area (Å²) in [5.74, 6) is 0.929. The van der Waals surface area contributed by atoms with Crippen LogP contribution in [0, 0.1) is 0 Å². The molecule has 0 saturated carbocycles. The lowest BCUT2D eigenvalue weighted by molar-refractivity contribution is -0.130. The van der Waals surface area contributed by atoms with E-state index in [-0.39, 0.29) is 0 Å². The van der Waals surface area contributed by atoms with Crippen LogP contribution < -0.4 is 0 Å². The Labute approximate surface area is 95.7 Å². The fourth-order valence-electron chi connectivity index (χ4n) is 2.38. The van der Waals surface area contributed by atoms with Gasteiger partial charge in [-0.3, -0.25) is 9.69 Å². The molecule has 2 saturated heterocycles. The number of carbonyl (C=O) groups is 1. The van der Waals surface area contributed by atoms with Gasteiger partial charge in [0.25, 0.3) is 0 Å². The monoisotopic (exact) mass is 228 g/mol. The van der Waals surface area contributed by atoms with Gasteiger partial charge >= 0.3 is 0 Å². The van der Waals surface area contributed by atoms with E-state index >= 15 is 0 Å². The van der Waals surface area contributed by atoms with E-state index in [2.05, 4.69) is 11.0 Å². The highest BCUT2D eigenvalue weighted by atomic mass is 35.5.